The first-order valence-corrected chi connectivity index (χ1v) is 7.66. The first-order valence-electron chi connectivity index (χ1n) is 6.68. The zero-order valence-electron chi connectivity index (χ0n) is 10.5. The van der Waals surface area contributed by atoms with Crippen LogP contribution in [0, 0.1) is 0 Å². The maximum Gasteiger partial charge on any atom is 0.162 e. The van der Waals surface area contributed by atoms with E-state index in [1.165, 1.54) is 24.3 Å². The van der Waals surface area contributed by atoms with Gasteiger partial charge in [0.1, 0.15) is 0 Å². The molecular formula is C14H19NO2S. The SMILES string of the molecule is c1cc2c(cc1SC[C@H]1CCCN1)OCCCO2. The van der Waals surface area contributed by atoms with Crippen LogP contribution in [-0.4, -0.2) is 31.6 Å². The Bertz CT molecular complexity index is 405. The van der Waals surface area contributed by atoms with Gasteiger partial charge in [0.2, 0.25) is 0 Å². The molecule has 0 aliphatic carbocycles. The van der Waals surface area contributed by atoms with E-state index >= 15 is 0 Å². The van der Waals surface area contributed by atoms with Crippen molar-refractivity contribution in [2.45, 2.75) is 30.2 Å². The van der Waals surface area contributed by atoms with Gasteiger partial charge in [0.05, 0.1) is 13.2 Å². The lowest BCUT2D eigenvalue weighted by molar-refractivity contribution is 0.297. The third-order valence-corrected chi connectivity index (χ3v) is 4.49. The predicted octanol–water partition coefficient (Wildman–Crippen LogP) is 2.69. The van der Waals surface area contributed by atoms with Gasteiger partial charge in [-0.2, -0.15) is 0 Å². The first-order chi connectivity index (χ1) is 8.92. The molecule has 0 amide bonds. The van der Waals surface area contributed by atoms with E-state index in [1.807, 2.05) is 17.8 Å². The van der Waals surface area contributed by atoms with Crippen LogP contribution in [0.5, 0.6) is 11.5 Å². The average Bonchev–Trinajstić information content (AvgIpc) is 2.80. The lowest BCUT2D eigenvalue weighted by atomic mass is 10.3. The molecule has 3 rings (SSSR count). The summed E-state index contributed by atoms with van der Waals surface area (Å²) in [4.78, 5) is 1.27. The fraction of sp³-hybridized carbons (Fsp3) is 0.571. The topological polar surface area (TPSA) is 30.5 Å². The lowest BCUT2D eigenvalue weighted by Gasteiger charge is -2.11. The molecule has 0 spiro atoms. The van der Waals surface area contributed by atoms with Crippen LogP contribution in [0.15, 0.2) is 23.1 Å². The van der Waals surface area contributed by atoms with E-state index in [4.69, 9.17) is 9.47 Å². The normalized spacial score (nSPS) is 22.8. The minimum Gasteiger partial charge on any atom is -0.490 e. The van der Waals surface area contributed by atoms with Crippen molar-refractivity contribution in [2.24, 2.45) is 0 Å². The van der Waals surface area contributed by atoms with Gasteiger partial charge in [-0.15, -0.1) is 11.8 Å². The molecule has 0 saturated carbocycles. The Labute approximate surface area is 112 Å². The molecule has 4 heteroatoms. The van der Waals surface area contributed by atoms with Gasteiger partial charge in [-0.3, -0.25) is 0 Å². The summed E-state index contributed by atoms with van der Waals surface area (Å²) in [6.07, 6.45) is 3.58. The third kappa shape index (κ3) is 2.93. The largest absolute Gasteiger partial charge is 0.490 e. The lowest BCUT2D eigenvalue weighted by Crippen LogP contribution is -2.23. The van der Waals surface area contributed by atoms with E-state index in [1.54, 1.807) is 0 Å². The maximum atomic E-state index is 5.71. The highest BCUT2D eigenvalue weighted by atomic mass is 32.2. The van der Waals surface area contributed by atoms with Gasteiger partial charge < -0.3 is 14.8 Å². The van der Waals surface area contributed by atoms with Crippen LogP contribution in [0.2, 0.25) is 0 Å². The number of benzene rings is 1. The Morgan fingerprint density at radius 3 is 2.89 bits per heavy atom. The fourth-order valence-corrected chi connectivity index (χ4v) is 3.36. The number of hydrogen-bond acceptors (Lipinski definition) is 4. The second-order valence-electron chi connectivity index (χ2n) is 4.76. The molecule has 0 bridgehead atoms. The molecule has 1 fully saturated rings. The van der Waals surface area contributed by atoms with Crippen molar-refractivity contribution in [3.05, 3.63) is 18.2 Å². The van der Waals surface area contributed by atoms with Gasteiger partial charge >= 0.3 is 0 Å². The van der Waals surface area contributed by atoms with Crippen LogP contribution in [0.25, 0.3) is 0 Å². The highest BCUT2D eigenvalue weighted by Gasteiger charge is 2.15. The first kappa shape index (κ1) is 12.2. The van der Waals surface area contributed by atoms with Crippen LogP contribution >= 0.6 is 11.8 Å². The van der Waals surface area contributed by atoms with Gasteiger partial charge in [0, 0.05) is 23.1 Å². The number of thioether (sulfide) groups is 1. The van der Waals surface area contributed by atoms with Crippen molar-refractivity contribution in [2.75, 3.05) is 25.5 Å². The van der Waals surface area contributed by atoms with Crippen molar-refractivity contribution in [3.63, 3.8) is 0 Å². The number of fused-ring (bicyclic) bond motifs is 1. The number of nitrogens with one attached hydrogen (secondary N) is 1. The van der Waals surface area contributed by atoms with Gasteiger partial charge in [0.25, 0.3) is 0 Å². The summed E-state index contributed by atoms with van der Waals surface area (Å²) in [5, 5.41) is 3.52. The molecule has 98 valence electrons. The van der Waals surface area contributed by atoms with Crippen LogP contribution in [-0.2, 0) is 0 Å². The molecule has 1 aromatic rings. The number of ether oxygens (including phenoxy) is 2. The van der Waals surface area contributed by atoms with Crippen LogP contribution in [0.4, 0.5) is 0 Å². The summed E-state index contributed by atoms with van der Waals surface area (Å²) in [6, 6.07) is 6.95. The van der Waals surface area contributed by atoms with Crippen molar-refractivity contribution < 1.29 is 9.47 Å². The number of rotatable bonds is 3. The summed E-state index contributed by atoms with van der Waals surface area (Å²) in [7, 11) is 0. The Balaban J connectivity index is 1.63. The second kappa shape index (κ2) is 5.85. The van der Waals surface area contributed by atoms with Gasteiger partial charge in [-0.25, -0.2) is 0 Å². The maximum absolute atomic E-state index is 5.71. The molecule has 0 aromatic heterocycles. The average molecular weight is 265 g/mol. The number of hydrogen-bond donors (Lipinski definition) is 1. The molecule has 0 unspecified atom stereocenters. The molecule has 2 aliphatic heterocycles. The molecular weight excluding hydrogens is 246 g/mol. The van der Waals surface area contributed by atoms with Gasteiger partial charge in [-0.1, -0.05) is 0 Å². The Kier molecular flexibility index (Phi) is 3.96. The van der Waals surface area contributed by atoms with Crippen LogP contribution in [0.3, 0.4) is 0 Å². The Morgan fingerprint density at radius 1 is 1.17 bits per heavy atom. The molecule has 1 N–H and O–H groups in total. The molecule has 2 aliphatic rings. The fourth-order valence-electron chi connectivity index (χ4n) is 2.33. The second-order valence-corrected chi connectivity index (χ2v) is 5.86. The minimum atomic E-state index is 0.672. The van der Waals surface area contributed by atoms with Crippen molar-refractivity contribution in [1.82, 2.24) is 5.32 Å². The van der Waals surface area contributed by atoms with E-state index < -0.39 is 0 Å². The quantitative estimate of drug-likeness (QED) is 0.851. The summed E-state index contributed by atoms with van der Waals surface area (Å²) < 4.78 is 11.3. The van der Waals surface area contributed by atoms with E-state index in [2.05, 4.69) is 17.4 Å². The van der Waals surface area contributed by atoms with Crippen molar-refractivity contribution in [1.29, 1.82) is 0 Å². The monoisotopic (exact) mass is 265 g/mol. The van der Waals surface area contributed by atoms with E-state index in [-0.39, 0.29) is 0 Å². The predicted molar refractivity (Wildman–Crippen MR) is 73.8 cm³/mol. The molecule has 1 aromatic carbocycles. The third-order valence-electron chi connectivity index (χ3n) is 3.33. The van der Waals surface area contributed by atoms with Gasteiger partial charge in [0.15, 0.2) is 11.5 Å². The van der Waals surface area contributed by atoms with Crippen LogP contribution in [0.1, 0.15) is 19.3 Å². The molecule has 1 saturated heterocycles. The molecule has 2 heterocycles. The smallest absolute Gasteiger partial charge is 0.162 e. The summed E-state index contributed by atoms with van der Waals surface area (Å²) in [5.74, 6) is 2.92. The molecule has 1 atom stereocenters. The molecule has 3 nitrogen and oxygen atoms in total. The van der Waals surface area contributed by atoms with Crippen molar-refractivity contribution in [3.8, 4) is 11.5 Å². The van der Waals surface area contributed by atoms with Crippen molar-refractivity contribution >= 4 is 11.8 Å². The van der Waals surface area contributed by atoms with E-state index in [9.17, 15) is 0 Å². The summed E-state index contributed by atoms with van der Waals surface area (Å²) >= 11 is 1.90. The zero-order chi connectivity index (χ0) is 12.2. The van der Waals surface area contributed by atoms with Crippen LogP contribution < -0.4 is 14.8 Å². The van der Waals surface area contributed by atoms with E-state index in [0.29, 0.717) is 6.04 Å². The zero-order valence-corrected chi connectivity index (χ0v) is 11.3. The molecule has 18 heavy (non-hydrogen) atoms. The Hall–Kier alpha value is -0.870. The highest BCUT2D eigenvalue weighted by molar-refractivity contribution is 7.99. The summed E-state index contributed by atoms with van der Waals surface area (Å²) in [6.45, 7) is 2.68. The standard InChI is InChI=1S/C14H19NO2S/c1-3-11(15-6-1)10-18-12-4-5-13-14(9-12)17-8-2-7-16-13/h4-5,9,11,15H,1-3,6-8,10H2/t11-/m1/s1. The summed E-state index contributed by atoms with van der Waals surface area (Å²) in [5.41, 5.74) is 0. The van der Waals surface area contributed by atoms with Gasteiger partial charge in [-0.05, 0) is 37.6 Å². The van der Waals surface area contributed by atoms with E-state index in [0.717, 1.165) is 36.9 Å². The highest BCUT2D eigenvalue weighted by Crippen LogP contribution is 2.34. The minimum absolute atomic E-state index is 0.672. The Morgan fingerprint density at radius 2 is 2.06 bits per heavy atom. The molecule has 0 radical (unpaired) electrons.